The Bertz CT molecular complexity index is 438. The fraction of sp³-hybridized carbons (Fsp3) is 0.667. The van der Waals surface area contributed by atoms with Crippen molar-refractivity contribution >= 4 is 17.4 Å². The molecule has 20 heavy (non-hydrogen) atoms. The van der Waals surface area contributed by atoms with Gasteiger partial charge in [0.1, 0.15) is 5.82 Å². The van der Waals surface area contributed by atoms with E-state index in [2.05, 4.69) is 41.0 Å². The largest absolute Gasteiger partial charge is 0.353 e. The first-order valence-electron chi connectivity index (χ1n) is 7.46. The van der Waals surface area contributed by atoms with Crippen LogP contribution in [0.2, 0.25) is 5.02 Å². The number of nitrogens with zero attached hydrogens (tertiary/aromatic N) is 3. The van der Waals surface area contributed by atoms with Gasteiger partial charge in [0.15, 0.2) is 0 Å². The van der Waals surface area contributed by atoms with Crippen LogP contribution < -0.4 is 10.2 Å². The number of nitrogens with one attached hydrogen (secondary N) is 1. The SMILES string of the molecule is CCNCc1cnc(N2CCN(C)C(CC)C2)c(Cl)c1. The summed E-state index contributed by atoms with van der Waals surface area (Å²) in [6.45, 7) is 9.17. The Balaban J connectivity index is 2.08. The van der Waals surface area contributed by atoms with Crippen molar-refractivity contribution < 1.29 is 0 Å². The third-order valence-electron chi connectivity index (χ3n) is 4.01. The van der Waals surface area contributed by atoms with Crippen LogP contribution in [0.4, 0.5) is 5.82 Å². The lowest BCUT2D eigenvalue weighted by Gasteiger charge is -2.40. The molecule has 1 N–H and O–H groups in total. The third-order valence-corrected chi connectivity index (χ3v) is 4.28. The van der Waals surface area contributed by atoms with Crippen molar-refractivity contribution in [3.63, 3.8) is 0 Å². The molecule has 1 unspecified atom stereocenters. The van der Waals surface area contributed by atoms with E-state index >= 15 is 0 Å². The van der Waals surface area contributed by atoms with Gasteiger partial charge in [-0.3, -0.25) is 4.90 Å². The predicted molar refractivity (Wildman–Crippen MR) is 85.5 cm³/mol. The van der Waals surface area contributed by atoms with Gasteiger partial charge >= 0.3 is 0 Å². The van der Waals surface area contributed by atoms with Crippen LogP contribution in [0.5, 0.6) is 0 Å². The van der Waals surface area contributed by atoms with Crippen LogP contribution in [0.25, 0.3) is 0 Å². The molecule has 0 saturated carbocycles. The summed E-state index contributed by atoms with van der Waals surface area (Å²) in [5.41, 5.74) is 1.14. The monoisotopic (exact) mass is 296 g/mol. The minimum Gasteiger partial charge on any atom is -0.353 e. The van der Waals surface area contributed by atoms with Gasteiger partial charge in [-0.05, 0) is 31.6 Å². The lowest BCUT2D eigenvalue weighted by molar-refractivity contribution is 0.213. The average Bonchev–Trinajstić information content (AvgIpc) is 2.46. The Morgan fingerprint density at radius 3 is 2.85 bits per heavy atom. The molecule has 1 saturated heterocycles. The maximum Gasteiger partial charge on any atom is 0.147 e. The van der Waals surface area contributed by atoms with E-state index in [0.717, 1.165) is 55.5 Å². The summed E-state index contributed by atoms with van der Waals surface area (Å²) < 4.78 is 0. The predicted octanol–water partition coefficient (Wildman–Crippen LogP) is 2.37. The minimum atomic E-state index is 0.586. The van der Waals surface area contributed by atoms with Crippen molar-refractivity contribution in [3.8, 4) is 0 Å². The summed E-state index contributed by atoms with van der Waals surface area (Å²) in [5, 5.41) is 4.06. The normalized spacial score (nSPS) is 20.4. The maximum atomic E-state index is 6.42. The molecular formula is C15H25ClN4. The highest BCUT2D eigenvalue weighted by Gasteiger charge is 2.24. The van der Waals surface area contributed by atoms with E-state index in [-0.39, 0.29) is 0 Å². The highest BCUT2D eigenvalue weighted by Crippen LogP contribution is 2.26. The van der Waals surface area contributed by atoms with Crippen LogP contribution in [0, 0.1) is 0 Å². The molecule has 0 spiro atoms. The Labute approximate surface area is 127 Å². The maximum absolute atomic E-state index is 6.42. The number of piperazine rings is 1. The molecule has 0 aliphatic carbocycles. The first kappa shape index (κ1) is 15.5. The molecule has 1 aromatic heterocycles. The van der Waals surface area contributed by atoms with E-state index in [0.29, 0.717) is 6.04 Å². The fourth-order valence-corrected chi connectivity index (χ4v) is 2.96. The third kappa shape index (κ3) is 3.62. The van der Waals surface area contributed by atoms with Crippen molar-refractivity contribution in [1.82, 2.24) is 15.2 Å². The second-order valence-electron chi connectivity index (χ2n) is 5.42. The summed E-state index contributed by atoms with van der Waals surface area (Å²) >= 11 is 6.42. The van der Waals surface area contributed by atoms with Crippen molar-refractivity contribution in [2.45, 2.75) is 32.9 Å². The van der Waals surface area contributed by atoms with Crippen LogP contribution >= 0.6 is 11.6 Å². The fourth-order valence-electron chi connectivity index (χ4n) is 2.65. The van der Waals surface area contributed by atoms with Gasteiger partial charge in [0.25, 0.3) is 0 Å². The highest BCUT2D eigenvalue weighted by atomic mass is 35.5. The van der Waals surface area contributed by atoms with Gasteiger partial charge in [0.05, 0.1) is 5.02 Å². The number of likely N-dealkylation sites (N-methyl/N-ethyl adjacent to an activating group) is 1. The van der Waals surface area contributed by atoms with Gasteiger partial charge in [0.2, 0.25) is 0 Å². The second kappa shape index (κ2) is 7.25. The second-order valence-corrected chi connectivity index (χ2v) is 5.83. The number of aromatic nitrogens is 1. The number of hydrogen-bond donors (Lipinski definition) is 1. The first-order chi connectivity index (χ1) is 9.65. The van der Waals surface area contributed by atoms with Crippen LogP contribution in [-0.4, -0.2) is 49.2 Å². The summed E-state index contributed by atoms with van der Waals surface area (Å²) in [4.78, 5) is 9.32. The standard InChI is InChI=1S/C15H25ClN4/c1-4-13-11-20(7-6-19(13)3)15-14(16)8-12(10-18-15)9-17-5-2/h8,10,13,17H,4-7,9,11H2,1-3H3. The zero-order valence-corrected chi connectivity index (χ0v) is 13.5. The van der Waals surface area contributed by atoms with Crippen LogP contribution in [0.3, 0.4) is 0 Å². The van der Waals surface area contributed by atoms with E-state index in [1.165, 1.54) is 0 Å². The van der Waals surface area contributed by atoms with E-state index in [9.17, 15) is 0 Å². The Morgan fingerprint density at radius 1 is 1.40 bits per heavy atom. The van der Waals surface area contributed by atoms with Crippen LogP contribution in [0.1, 0.15) is 25.8 Å². The van der Waals surface area contributed by atoms with E-state index in [4.69, 9.17) is 11.6 Å². The molecule has 1 fully saturated rings. The number of pyridine rings is 1. The number of hydrogen-bond acceptors (Lipinski definition) is 4. The van der Waals surface area contributed by atoms with Gasteiger partial charge in [-0.25, -0.2) is 4.98 Å². The molecule has 1 aliphatic rings. The van der Waals surface area contributed by atoms with E-state index in [1.54, 1.807) is 0 Å². The topological polar surface area (TPSA) is 31.4 Å². The number of rotatable bonds is 5. The Kier molecular flexibility index (Phi) is 5.64. The van der Waals surface area contributed by atoms with E-state index < -0.39 is 0 Å². The van der Waals surface area contributed by atoms with Gasteiger partial charge in [0, 0.05) is 38.4 Å². The van der Waals surface area contributed by atoms with Crippen molar-refractivity contribution in [2.24, 2.45) is 0 Å². The Morgan fingerprint density at radius 2 is 2.20 bits per heavy atom. The molecule has 0 bridgehead atoms. The van der Waals surface area contributed by atoms with Crippen molar-refractivity contribution in [1.29, 1.82) is 0 Å². The first-order valence-corrected chi connectivity index (χ1v) is 7.83. The van der Waals surface area contributed by atoms with Crippen LogP contribution in [0.15, 0.2) is 12.3 Å². The molecule has 2 rings (SSSR count). The van der Waals surface area contributed by atoms with Gasteiger partial charge in [-0.1, -0.05) is 25.4 Å². The van der Waals surface area contributed by atoms with Gasteiger partial charge in [-0.15, -0.1) is 0 Å². The van der Waals surface area contributed by atoms with Crippen molar-refractivity contribution in [3.05, 3.63) is 22.8 Å². The molecule has 0 aromatic carbocycles. The summed E-state index contributed by atoms with van der Waals surface area (Å²) in [5.74, 6) is 0.929. The number of halogens is 1. The van der Waals surface area contributed by atoms with Crippen molar-refractivity contribution in [2.75, 3.05) is 38.1 Å². The molecule has 1 atom stereocenters. The molecule has 1 aromatic rings. The molecule has 2 heterocycles. The molecule has 0 radical (unpaired) electrons. The lowest BCUT2D eigenvalue weighted by Crippen LogP contribution is -2.51. The lowest BCUT2D eigenvalue weighted by atomic mass is 10.1. The summed E-state index contributed by atoms with van der Waals surface area (Å²) in [6, 6.07) is 2.62. The minimum absolute atomic E-state index is 0.586. The molecular weight excluding hydrogens is 272 g/mol. The zero-order chi connectivity index (χ0) is 14.5. The smallest absolute Gasteiger partial charge is 0.147 e. The molecule has 0 amide bonds. The van der Waals surface area contributed by atoms with E-state index in [1.807, 2.05) is 12.3 Å². The molecule has 4 nitrogen and oxygen atoms in total. The van der Waals surface area contributed by atoms with Crippen LogP contribution in [-0.2, 0) is 6.54 Å². The molecule has 5 heteroatoms. The summed E-state index contributed by atoms with van der Waals surface area (Å²) in [7, 11) is 2.19. The molecule has 112 valence electrons. The van der Waals surface area contributed by atoms with Gasteiger partial charge in [-0.2, -0.15) is 0 Å². The molecule has 1 aliphatic heterocycles. The zero-order valence-electron chi connectivity index (χ0n) is 12.7. The Hall–Kier alpha value is -0.840. The number of anilines is 1. The summed E-state index contributed by atoms with van der Waals surface area (Å²) in [6.07, 6.45) is 3.09. The quantitative estimate of drug-likeness (QED) is 0.904. The highest BCUT2D eigenvalue weighted by molar-refractivity contribution is 6.33. The van der Waals surface area contributed by atoms with Gasteiger partial charge < -0.3 is 10.2 Å². The average molecular weight is 297 g/mol.